The van der Waals surface area contributed by atoms with Gasteiger partial charge in [-0.1, -0.05) is 0 Å². The van der Waals surface area contributed by atoms with Crippen molar-refractivity contribution in [3.8, 4) is 0 Å². The van der Waals surface area contributed by atoms with Crippen LogP contribution in [0.3, 0.4) is 0 Å². The van der Waals surface area contributed by atoms with Gasteiger partial charge in [-0.2, -0.15) is 4.31 Å². The van der Waals surface area contributed by atoms with Gasteiger partial charge in [-0.25, -0.2) is 8.42 Å². The SMILES string of the molecule is CS(=O)(=O)N(CCN1CCCC1)C1CNC1. The van der Waals surface area contributed by atoms with E-state index in [-0.39, 0.29) is 6.04 Å². The van der Waals surface area contributed by atoms with E-state index >= 15 is 0 Å². The third-order valence-corrected chi connectivity index (χ3v) is 4.76. The van der Waals surface area contributed by atoms with E-state index < -0.39 is 10.0 Å². The van der Waals surface area contributed by atoms with E-state index in [0.717, 1.165) is 32.7 Å². The zero-order valence-electron chi connectivity index (χ0n) is 9.85. The molecule has 0 unspecified atom stereocenters. The molecule has 0 saturated carbocycles. The quantitative estimate of drug-likeness (QED) is 0.699. The maximum Gasteiger partial charge on any atom is 0.211 e. The molecule has 16 heavy (non-hydrogen) atoms. The number of likely N-dealkylation sites (tertiary alicyclic amines) is 1. The third-order valence-electron chi connectivity index (χ3n) is 3.43. The molecule has 2 aliphatic heterocycles. The molecule has 0 amide bonds. The maximum absolute atomic E-state index is 11.7. The number of rotatable bonds is 5. The summed E-state index contributed by atoms with van der Waals surface area (Å²) in [7, 11) is -3.05. The van der Waals surface area contributed by atoms with E-state index in [1.165, 1.54) is 19.1 Å². The number of nitrogens with one attached hydrogen (secondary N) is 1. The van der Waals surface area contributed by atoms with E-state index in [0.29, 0.717) is 6.54 Å². The van der Waals surface area contributed by atoms with Crippen LogP contribution in [0.4, 0.5) is 0 Å². The highest BCUT2D eigenvalue weighted by Crippen LogP contribution is 2.12. The normalized spacial score (nSPS) is 23.9. The number of sulfonamides is 1. The van der Waals surface area contributed by atoms with Crippen molar-refractivity contribution in [1.82, 2.24) is 14.5 Å². The zero-order chi connectivity index (χ0) is 11.6. The average molecular weight is 247 g/mol. The lowest BCUT2D eigenvalue weighted by molar-refractivity contribution is 0.214. The predicted molar refractivity (Wildman–Crippen MR) is 63.9 cm³/mol. The van der Waals surface area contributed by atoms with Crippen LogP contribution in [-0.4, -0.2) is 69.2 Å². The molecule has 5 nitrogen and oxygen atoms in total. The largest absolute Gasteiger partial charge is 0.313 e. The van der Waals surface area contributed by atoms with Crippen LogP contribution in [0.15, 0.2) is 0 Å². The molecule has 2 fully saturated rings. The molecule has 6 heteroatoms. The highest BCUT2D eigenvalue weighted by atomic mass is 32.2. The molecule has 2 aliphatic rings. The van der Waals surface area contributed by atoms with Gasteiger partial charge in [0.2, 0.25) is 10.0 Å². The molecule has 1 N–H and O–H groups in total. The minimum Gasteiger partial charge on any atom is -0.313 e. The number of hydrogen-bond donors (Lipinski definition) is 1. The first-order valence-electron chi connectivity index (χ1n) is 5.97. The summed E-state index contributed by atoms with van der Waals surface area (Å²) in [5, 5.41) is 3.12. The molecule has 0 aromatic rings. The fraction of sp³-hybridized carbons (Fsp3) is 1.00. The smallest absolute Gasteiger partial charge is 0.211 e. The van der Waals surface area contributed by atoms with E-state index in [2.05, 4.69) is 10.2 Å². The van der Waals surface area contributed by atoms with Crippen LogP contribution in [0.5, 0.6) is 0 Å². The Morgan fingerprint density at radius 3 is 2.38 bits per heavy atom. The number of nitrogens with zero attached hydrogens (tertiary/aromatic N) is 2. The Hall–Kier alpha value is -0.170. The monoisotopic (exact) mass is 247 g/mol. The van der Waals surface area contributed by atoms with Crippen LogP contribution in [0.2, 0.25) is 0 Å². The van der Waals surface area contributed by atoms with Gasteiger partial charge in [0, 0.05) is 32.2 Å². The molecule has 2 heterocycles. The van der Waals surface area contributed by atoms with Gasteiger partial charge in [0.05, 0.1) is 6.26 Å². The maximum atomic E-state index is 11.7. The molecule has 0 atom stereocenters. The molecule has 0 radical (unpaired) electrons. The van der Waals surface area contributed by atoms with E-state index in [1.807, 2.05) is 0 Å². The Morgan fingerprint density at radius 1 is 1.31 bits per heavy atom. The van der Waals surface area contributed by atoms with E-state index in [4.69, 9.17) is 0 Å². The van der Waals surface area contributed by atoms with Crippen LogP contribution in [0.25, 0.3) is 0 Å². The minimum atomic E-state index is -3.05. The Balaban J connectivity index is 1.86. The minimum absolute atomic E-state index is 0.178. The van der Waals surface area contributed by atoms with E-state index in [9.17, 15) is 8.42 Å². The Kier molecular flexibility index (Phi) is 3.84. The Labute approximate surface area is 97.8 Å². The predicted octanol–water partition coefficient (Wildman–Crippen LogP) is -0.684. The van der Waals surface area contributed by atoms with Gasteiger partial charge in [0.1, 0.15) is 0 Å². The topological polar surface area (TPSA) is 52.7 Å². The van der Waals surface area contributed by atoms with Gasteiger partial charge in [-0.05, 0) is 25.9 Å². The van der Waals surface area contributed by atoms with Crippen molar-refractivity contribution >= 4 is 10.0 Å². The van der Waals surface area contributed by atoms with Crippen molar-refractivity contribution in [2.75, 3.05) is 45.5 Å². The number of hydrogen-bond acceptors (Lipinski definition) is 4. The Morgan fingerprint density at radius 2 is 1.94 bits per heavy atom. The molecular formula is C10H21N3O2S. The zero-order valence-corrected chi connectivity index (χ0v) is 10.7. The fourth-order valence-corrected chi connectivity index (χ4v) is 3.45. The van der Waals surface area contributed by atoms with Gasteiger partial charge in [-0.15, -0.1) is 0 Å². The molecule has 94 valence electrons. The summed E-state index contributed by atoms with van der Waals surface area (Å²) in [4.78, 5) is 2.35. The first kappa shape index (κ1) is 12.3. The van der Waals surface area contributed by atoms with Gasteiger partial charge < -0.3 is 10.2 Å². The summed E-state index contributed by atoms with van der Waals surface area (Å²) in [5.74, 6) is 0. The van der Waals surface area contributed by atoms with Crippen molar-refractivity contribution in [3.63, 3.8) is 0 Å². The summed E-state index contributed by atoms with van der Waals surface area (Å²) in [6.45, 7) is 5.37. The second-order valence-corrected chi connectivity index (χ2v) is 6.67. The lowest BCUT2D eigenvalue weighted by Gasteiger charge is -2.37. The summed E-state index contributed by atoms with van der Waals surface area (Å²) < 4.78 is 25.0. The highest BCUT2D eigenvalue weighted by Gasteiger charge is 2.31. The van der Waals surface area contributed by atoms with Crippen molar-refractivity contribution in [1.29, 1.82) is 0 Å². The van der Waals surface area contributed by atoms with Crippen molar-refractivity contribution in [2.24, 2.45) is 0 Å². The summed E-state index contributed by atoms with van der Waals surface area (Å²) in [5.41, 5.74) is 0. The summed E-state index contributed by atoms with van der Waals surface area (Å²) >= 11 is 0. The van der Waals surface area contributed by atoms with E-state index in [1.54, 1.807) is 4.31 Å². The van der Waals surface area contributed by atoms with Crippen LogP contribution in [0, 0.1) is 0 Å². The fourth-order valence-electron chi connectivity index (χ4n) is 2.34. The summed E-state index contributed by atoms with van der Waals surface area (Å²) in [6, 6.07) is 0.178. The molecule has 0 aromatic carbocycles. The standard InChI is InChI=1S/C10H21N3O2S/c1-16(14,15)13(10-8-11-9-10)7-6-12-4-2-3-5-12/h10-11H,2-9H2,1H3. The van der Waals surface area contributed by atoms with Crippen molar-refractivity contribution in [2.45, 2.75) is 18.9 Å². The van der Waals surface area contributed by atoms with Crippen LogP contribution >= 0.6 is 0 Å². The van der Waals surface area contributed by atoms with Crippen LogP contribution < -0.4 is 5.32 Å². The van der Waals surface area contributed by atoms with Gasteiger partial charge in [0.25, 0.3) is 0 Å². The molecule has 0 bridgehead atoms. The Bertz CT molecular complexity index is 321. The van der Waals surface area contributed by atoms with Crippen molar-refractivity contribution < 1.29 is 8.42 Å². The lowest BCUT2D eigenvalue weighted by atomic mass is 10.2. The van der Waals surface area contributed by atoms with Gasteiger partial charge in [-0.3, -0.25) is 0 Å². The first-order chi connectivity index (χ1) is 7.57. The molecule has 0 aliphatic carbocycles. The molecule has 2 rings (SSSR count). The third kappa shape index (κ3) is 2.94. The molecular weight excluding hydrogens is 226 g/mol. The van der Waals surface area contributed by atoms with Crippen LogP contribution in [-0.2, 0) is 10.0 Å². The second-order valence-electron chi connectivity index (χ2n) is 4.73. The molecule has 2 saturated heterocycles. The first-order valence-corrected chi connectivity index (χ1v) is 7.82. The molecule has 0 aromatic heterocycles. The van der Waals surface area contributed by atoms with Gasteiger partial charge in [0.15, 0.2) is 0 Å². The van der Waals surface area contributed by atoms with Crippen molar-refractivity contribution in [3.05, 3.63) is 0 Å². The average Bonchev–Trinajstić information content (AvgIpc) is 2.59. The van der Waals surface area contributed by atoms with Crippen LogP contribution in [0.1, 0.15) is 12.8 Å². The summed E-state index contributed by atoms with van der Waals surface area (Å²) in [6.07, 6.45) is 3.82. The molecule has 0 spiro atoms. The van der Waals surface area contributed by atoms with Gasteiger partial charge >= 0.3 is 0 Å². The lowest BCUT2D eigenvalue weighted by Crippen LogP contribution is -2.59. The highest BCUT2D eigenvalue weighted by molar-refractivity contribution is 7.88. The second kappa shape index (κ2) is 5.00.